The number of hydrogen-bond acceptors (Lipinski definition) is 5. The Balaban J connectivity index is 1.38. The normalized spacial score (nSPS) is 13.9. The summed E-state index contributed by atoms with van der Waals surface area (Å²) in [5, 5.41) is 20.1. The molecule has 4 aromatic rings. The minimum Gasteiger partial charge on any atom is -0.477 e. The molecule has 0 radical (unpaired) electrons. The smallest absolute Gasteiger partial charge is 0.354 e. The van der Waals surface area contributed by atoms with E-state index in [0.717, 1.165) is 41.1 Å². The van der Waals surface area contributed by atoms with Crippen molar-refractivity contribution >= 4 is 5.97 Å². The van der Waals surface area contributed by atoms with Gasteiger partial charge in [-0.2, -0.15) is 5.10 Å². The number of hydrogen-bond donors (Lipinski definition) is 2. The molecule has 5 rings (SSSR count). The van der Waals surface area contributed by atoms with Gasteiger partial charge in [0.2, 0.25) is 0 Å². The molecule has 2 N–H and O–H groups in total. The van der Waals surface area contributed by atoms with Crippen molar-refractivity contribution in [3.05, 3.63) is 83.4 Å². The Morgan fingerprint density at radius 1 is 1.07 bits per heavy atom. The molecule has 0 fully saturated rings. The Labute approximate surface area is 172 Å². The van der Waals surface area contributed by atoms with Crippen LogP contribution in [0, 0.1) is 0 Å². The number of H-pyrrole nitrogens is 1. The molecule has 1 aliphatic heterocycles. The van der Waals surface area contributed by atoms with E-state index in [4.69, 9.17) is 4.52 Å². The first kappa shape index (κ1) is 18.3. The Hall–Kier alpha value is -3.71. The van der Waals surface area contributed by atoms with Gasteiger partial charge in [-0.25, -0.2) is 4.79 Å². The van der Waals surface area contributed by atoms with Crippen molar-refractivity contribution in [2.45, 2.75) is 19.5 Å². The molecule has 150 valence electrons. The van der Waals surface area contributed by atoms with Gasteiger partial charge in [-0.1, -0.05) is 59.8 Å². The number of nitrogens with one attached hydrogen (secondary N) is 1. The van der Waals surface area contributed by atoms with Crippen LogP contribution in [0.3, 0.4) is 0 Å². The highest BCUT2D eigenvalue weighted by molar-refractivity contribution is 5.86. The number of fused-ring (bicyclic) bond motifs is 1. The predicted molar refractivity (Wildman–Crippen MR) is 111 cm³/mol. The molecule has 0 amide bonds. The van der Waals surface area contributed by atoms with Gasteiger partial charge >= 0.3 is 5.97 Å². The monoisotopic (exact) mass is 400 g/mol. The van der Waals surface area contributed by atoms with Crippen LogP contribution in [0.4, 0.5) is 0 Å². The quantitative estimate of drug-likeness (QED) is 0.526. The lowest BCUT2D eigenvalue weighted by Gasteiger charge is -2.25. The lowest BCUT2D eigenvalue weighted by atomic mass is 9.98. The minimum atomic E-state index is -0.996. The van der Waals surface area contributed by atoms with Crippen LogP contribution >= 0.6 is 0 Å². The van der Waals surface area contributed by atoms with Crippen LogP contribution < -0.4 is 0 Å². The maximum Gasteiger partial charge on any atom is 0.354 e. The zero-order valence-corrected chi connectivity index (χ0v) is 16.2. The maximum atomic E-state index is 11.3. The first-order valence-electron chi connectivity index (χ1n) is 9.80. The van der Waals surface area contributed by atoms with E-state index in [1.165, 1.54) is 5.56 Å². The van der Waals surface area contributed by atoms with Crippen LogP contribution in [0.15, 0.2) is 65.3 Å². The molecule has 1 aliphatic rings. The Kier molecular flexibility index (Phi) is 4.65. The molecule has 0 unspecified atom stereocenters. The van der Waals surface area contributed by atoms with E-state index in [0.29, 0.717) is 18.7 Å². The molecule has 0 atom stereocenters. The molecule has 0 saturated carbocycles. The number of aromatic amines is 1. The van der Waals surface area contributed by atoms with Crippen molar-refractivity contribution in [3.63, 3.8) is 0 Å². The number of carboxylic acid groups (broad SMARTS) is 1. The van der Waals surface area contributed by atoms with Crippen molar-refractivity contribution in [1.82, 2.24) is 20.3 Å². The van der Waals surface area contributed by atoms with Crippen LogP contribution in [-0.4, -0.2) is 37.9 Å². The molecule has 7 heteroatoms. The highest BCUT2D eigenvalue weighted by Gasteiger charge is 2.26. The number of nitrogens with zero attached hydrogens (tertiary/aromatic N) is 3. The molecule has 0 spiro atoms. The third-order valence-corrected chi connectivity index (χ3v) is 5.50. The fourth-order valence-electron chi connectivity index (χ4n) is 3.94. The van der Waals surface area contributed by atoms with Gasteiger partial charge in [-0.15, -0.1) is 0 Å². The molecular formula is C23H20N4O3. The number of carbonyl (C=O) groups is 1. The van der Waals surface area contributed by atoms with Crippen LogP contribution in [0.5, 0.6) is 0 Å². The molecule has 0 aliphatic carbocycles. The third kappa shape index (κ3) is 3.40. The largest absolute Gasteiger partial charge is 0.477 e. The zero-order chi connectivity index (χ0) is 20.5. The summed E-state index contributed by atoms with van der Waals surface area (Å²) in [7, 11) is 0. The summed E-state index contributed by atoms with van der Waals surface area (Å²) in [5.41, 5.74) is 6.07. The van der Waals surface area contributed by atoms with Crippen LogP contribution in [0.1, 0.15) is 27.4 Å². The standard InChI is InChI=1S/C23H20N4O3/c28-23(29)22-18(12-24-25-22)13-27-11-10-20-19(14-27)21(26-30-20)17-8-6-16(7-9-17)15-4-2-1-3-5-15/h1-9,12H,10-11,13-14H2,(H,24,25)(H,28,29). The lowest BCUT2D eigenvalue weighted by molar-refractivity contribution is 0.0687. The SMILES string of the molecule is O=C(O)c1[nH]ncc1CN1CCc2onc(-c3ccc(-c4ccccc4)cc3)c2C1. The van der Waals surface area contributed by atoms with Gasteiger partial charge in [0.15, 0.2) is 0 Å². The molecule has 2 aromatic carbocycles. The van der Waals surface area contributed by atoms with Gasteiger partial charge in [-0.05, 0) is 11.1 Å². The van der Waals surface area contributed by atoms with Gasteiger partial charge in [0, 0.05) is 42.7 Å². The van der Waals surface area contributed by atoms with E-state index < -0.39 is 5.97 Å². The summed E-state index contributed by atoms with van der Waals surface area (Å²) in [5.74, 6) is -0.0941. The number of carboxylic acids is 1. The van der Waals surface area contributed by atoms with Gasteiger partial charge in [0.1, 0.15) is 17.1 Å². The molecule has 30 heavy (non-hydrogen) atoms. The van der Waals surface area contributed by atoms with Gasteiger partial charge in [0.25, 0.3) is 0 Å². The predicted octanol–water partition coefficient (Wildman–Crippen LogP) is 3.99. The third-order valence-electron chi connectivity index (χ3n) is 5.50. The van der Waals surface area contributed by atoms with Crippen molar-refractivity contribution in [3.8, 4) is 22.4 Å². The molecule has 0 bridgehead atoms. The summed E-state index contributed by atoms with van der Waals surface area (Å²) in [6, 6.07) is 18.6. The Morgan fingerprint density at radius 2 is 1.80 bits per heavy atom. The van der Waals surface area contributed by atoms with Gasteiger partial charge < -0.3 is 9.63 Å². The van der Waals surface area contributed by atoms with Crippen molar-refractivity contribution in [2.75, 3.05) is 6.54 Å². The first-order valence-corrected chi connectivity index (χ1v) is 9.80. The van der Waals surface area contributed by atoms with E-state index in [-0.39, 0.29) is 5.69 Å². The number of benzene rings is 2. The number of rotatable bonds is 5. The molecule has 0 saturated heterocycles. The van der Waals surface area contributed by atoms with Gasteiger partial charge in [0.05, 0.1) is 6.20 Å². The highest BCUT2D eigenvalue weighted by atomic mass is 16.5. The van der Waals surface area contributed by atoms with Crippen molar-refractivity contribution < 1.29 is 14.4 Å². The van der Waals surface area contributed by atoms with E-state index in [9.17, 15) is 9.90 Å². The van der Waals surface area contributed by atoms with Crippen molar-refractivity contribution in [1.29, 1.82) is 0 Å². The summed E-state index contributed by atoms with van der Waals surface area (Å²) in [6.45, 7) is 1.94. The first-order chi connectivity index (χ1) is 14.7. The molecule has 2 aromatic heterocycles. The highest BCUT2D eigenvalue weighted by Crippen LogP contribution is 2.32. The molecular weight excluding hydrogens is 380 g/mol. The maximum absolute atomic E-state index is 11.3. The van der Waals surface area contributed by atoms with E-state index in [1.54, 1.807) is 6.20 Å². The minimum absolute atomic E-state index is 0.142. The number of aromatic nitrogens is 3. The topological polar surface area (TPSA) is 95.2 Å². The van der Waals surface area contributed by atoms with E-state index in [1.807, 2.05) is 18.2 Å². The molecule has 3 heterocycles. The summed E-state index contributed by atoms with van der Waals surface area (Å²) in [6.07, 6.45) is 2.32. The Morgan fingerprint density at radius 3 is 2.57 bits per heavy atom. The average molecular weight is 400 g/mol. The second-order valence-corrected chi connectivity index (χ2v) is 7.41. The lowest BCUT2D eigenvalue weighted by Crippen LogP contribution is -2.30. The fourth-order valence-corrected chi connectivity index (χ4v) is 3.94. The van der Waals surface area contributed by atoms with Crippen LogP contribution in [0.25, 0.3) is 22.4 Å². The van der Waals surface area contributed by atoms with Gasteiger partial charge in [-0.3, -0.25) is 10.00 Å². The van der Waals surface area contributed by atoms with E-state index in [2.05, 4.69) is 56.7 Å². The Bertz CT molecular complexity index is 1180. The summed E-state index contributed by atoms with van der Waals surface area (Å²) in [4.78, 5) is 13.5. The fraction of sp³-hybridized carbons (Fsp3) is 0.174. The van der Waals surface area contributed by atoms with Crippen molar-refractivity contribution in [2.24, 2.45) is 0 Å². The van der Waals surface area contributed by atoms with Crippen LogP contribution in [0.2, 0.25) is 0 Å². The summed E-state index contributed by atoms with van der Waals surface area (Å²) >= 11 is 0. The molecule has 7 nitrogen and oxygen atoms in total. The summed E-state index contributed by atoms with van der Waals surface area (Å²) < 4.78 is 5.61. The second-order valence-electron chi connectivity index (χ2n) is 7.41. The van der Waals surface area contributed by atoms with E-state index >= 15 is 0 Å². The number of aromatic carboxylic acids is 1. The zero-order valence-electron chi connectivity index (χ0n) is 16.2. The van der Waals surface area contributed by atoms with Crippen LogP contribution in [-0.2, 0) is 19.5 Å². The second kappa shape index (κ2) is 7.61. The average Bonchev–Trinajstić information content (AvgIpc) is 3.41.